The van der Waals surface area contributed by atoms with Gasteiger partial charge in [0.25, 0.3) is 0 Å². The maximum absolute atomic E-state index is 6.52. The van der Waals surface area contributed by atoms with Crippen molar-refractivity contribution < 1.29 is 13.3 Å². The van der Waals surface area contributed by atoms with Crippen LogP contribution in [0.4, 0.5) is 17.1 Å². The number of nitrogens with zero attached hydrogens (tertiary/aromatic N) is 1. The van der Waals surface area contributed by atoms with Crippen LogP contribution < -0.4 is 4.90 Å². The van der Waals surface area contributed by atoms with Gasteiger partial charge in [0, 0.05) is 54.6 Å². The molecular formula is C58H35NO3. The monoisotopic (exact) mass is 793 g/mol. The minimum atomic E-state index is 0.877. The summed E-state index contributed by atoms with van der Waals surface area (Å²) in [6.45, 7) is 0. The Morgan fingerprint density at radius 2 is 0.758 bits per heavy atom. The van der Waals surface area contributed by atoms with Gasteiger partial charge in [-0.05, 0) is 118 Å². The Balaban J connectivity index is 0.930. The van der Waals surface area contributed by atoms with Crippen molar-refractivity contribution in [2.75, 3.05) is 4.90 Å². The molecule has 0 saturated carbocycles. The molecule has 290 valence electrons. The van der Waals surface area contributed by atoms with Crippen LogP contribution >= 0.6 is 0 Å². The number of hydrogen-bond donors (Lipinski definition) is 0. The summed E-state index contributed by atoms with van der Waals surface area (Å²) in [6, 6.07) is 75.2. The van der Waals surface area contributed by atoms with E-state index in [1.165, 1.54) is 5.39 Å². The van der Waals surface area contributed by atoms with Crippen LogP contribution in [0.15, 0.2) is 226 Å². The number of hydrogen-bond acceptors (Lipinski definition) is 4. The molecule has 0 aliphatic heterocycles. The minimum Gasteiger partial charge on any atom is -0.456 e. The van der Waals surface area contributed by atoms with E-state index in [2.05, 4.69) is 193 Å². The van der Waals surface area contributed by atoms with E-state index < -0.39 is 0 Å². The Hall–Kier alpha value is -8.34. The third-order valence-corrected chi connectivity index (χ3v) is 12.5. The third kappa shape index (κ3) is 5.47. The van der Waals surface area contributed by atoms with Gasteiger partial charge in [-0.3, -0.25) is 0 Å². The topological polar surface area (TPSA) is 42.7 Å². The molecule has 0 spiro atoms. The average molecular weight is 794 g/mol. The van der Waals surface area contributed by atoms with Crippen molar-refractivity contribution in [2.45, 2.75) is 0 Å². The molecule has 10 aromatic carbocycles. The van der Waals surface area contributed by atoms with Gasteiger partial charge in [0.15, 0.2) is 0 Å². The SMILES string of the molecule is c1ccc(N(c2ccc(-c3ccc4c(c3)oc3ccccc34)cc2)c2ccc(-c3ccc4c(c3)oc3ccccc34)cc2)c(-c2ccc3oc4c5ccccc5ccc4c3c2)c1. The first-order chi connectivity index (χ1) is 30.7. The van der Waals surface area contributed by atoms with Crippen LogP contribution in [0.2, 0.25) is 0 Å². The number of fused-ring (bicyclic) bond motifs is 11. The summed E-state index contributed by atoms with van der Waals surface area (Å²) >= 11 is 0. The summed E-state index contributed by atoms with van der Waals surface area (Å²) in [6.07, 6.45) is 0. The Bertz CT molecular complexity index is 3710. The van der Waals surface area contributed by atoms with E-state index in [0.717, 1.165) is 122 Å². The summed E-state index contributed by atoms with van der Waals surface area (Å²) in [5.41, 5.74) is 15.2. The van der Waals surface area contributed by atoms with E-state index in [1.54, 1.807) is 0 Å². The number of para-hydroxylation sites is 3. The molecule has 0 aliphatic rings. The quantitative estimate of drug-likeness (QED) is 0.168. The van der Waals surface area contributed by atoms with Crippen LogP contribution in [-0.4, -0.2) is 0 Å². The van der Waals surface area contributed by atoms with E-state index in [-0.39, 0.29) is 0 Å². The van der Waals surface area contributed by atoms with E-state index in [9.17, 15) is 0 Å². The van der Waals surface area contributed by atoms with Crippen molar-refractivity contribution >= 4 is 93.7 Å². The molecule has 3 heterocycles. The highest BCUT2D eigenvalue weighted by Crippen LogP contribution is 2.44. The Kier molecular flexibility index (Phi) is 7.57. The van der Waals surface area contributed by atoms with Crippen molar-refractivity contribution in [1.82, 2.24) is 0 Å². The summed E-state index contributed by atoms with van der Waals surface area (Å²) in [7, 11) is 0. The van der Waals surface area contributed by atoms with E-state index in [1.807, 2.05) is 24.3 Å². The lowest BCUT2D eigenvalue weighted by molar-refractivity contribution is 0.668. The first kappa shape index (κ1) is 34.5. The molecule has 0 amide bonds. The molecule has 0 radical (unpaired) electrons. The van der Waals surface area contributed by atoms with Gasteiger partial charge >= 0.3 is 0 Å². The predicted octanol–water partition coefficient (Wildman–Crippen LogP) is 17.0. The largest absolute Gasteiger partial charge is 0.456 e. The second-order valence-corrected chi connectivity index (χ2v) is 16.0. The zero-order valence-electron chi connectivity index (χ0n) is 33.4. The highest BCUT2D eigenvalue weighted by Gasteiger charge is 2.20. The van der Waals surface area contributed by atoms with Crippen molar-refractivity contribution in [3.8, 4) is 33.4 Å². The van der Waals surface area contributed by atoms with Crippen LogP contribution in [0.5, 0.6) is 0 Å². The Morgan fingerprint density at radius 3 is 1.40 bits per heavy atom. The first-order valence-corrected chi connectivity index (χ1v) is 21.0. The molecule has 0 saturated heterocycles. The Labute approximate surface area is 356 Å². The number of anilines is 3. The van der Waals surface area contributed by atoms with Gasteiger partial charge in [-0.15, -0.1) is 0 Å². The molecule has 13 rings (SSSR count). The maximum Gasteiger partial charge on any atom is 0.143 e. The lowest BCUT2D eigenvalue weighted by atomic mass is 9.98. The smallest absolute Gasteiger partial charge is 0.143 e. The number of furan rings is 3. The van der Waals surface area contributed by atoms with Crippen molar-refractivity contribution in [3.63, 3.8) is 0 Å². The number of rotatable bonds is 6. The Morgan fingerprint density at radius 1 is 0.274 bits per heavy atom. The second-order valence-electron chi connectivity index (χ2n) is 16.0. The molecule has 13 aromatic rings. The molecule has 4 nitrogen and oxygen atoms in total. The summed E-state index contributed by atoms with van der Waals surface area (Å²) in [5, 5.41) is 9.02. The van der Waals surface area contributed by atoms with Gasteiger partial charge in [-0.25, -0.2) is 0 Å². The average Bonchev–Trinajstić information content (AvgIpc) is 4.03. The second kappa shape index (κ2) is 13.6. The molecule has 0 fully saturated rings. The molecule has 0 bridgehead atoms. The molecule has 3 aromatic heterocycles. The summed E-state index contributed by atoms with van der Waals surface area (Å²) < 4.78 is 19.1. The highest BCUT2D eigenvalue weighted by atomic mass is 16.3. The molecule has 0 N–H and O–H groups in total. The highest BCUT2D eigenvalue weighted by molar-refractivity contribution is 6.16. The normalized spacial score (nSPS) is 11.9. The fraction of sp³-hybridized carbons (Fsp3) is 0. The molecule has 4 heteroatoms. The minimum absolute atomic E-state index is 0.877. The molecular weight excluding hydrogens is 759 g/mol. The summed E-state index contributed by atoms with van der Waals surface area (Å²) in [5.74, 6) is 0. The summed E-state index contributed by atoms with van der Waals surface area (Å²) in [4.78, 5) is 2.36. The van der Waals surface area contributed by atoms with Gasteiger partial charge < -0.3 is 18.2 Å². The zero-order valence-corrected chi connectivity index (χ0v) is 33.4. The standard InChI is InChI=1S/C58H35NO3/c1-2-11-45-38(9-1)21-31-50-51-33-41(24-32-55(51)62-58(45)50)44-10-3-6-14-52(44)59(42-25-17-36(18-26-42)39-22-29-48-46-12-4-7-15-53(46)60-56(48)34-39)43-27-19-37(20-28-43)40-23-30-49-47-13-5-8-16-54(47)61-57(49)35-40/h1-35H. The van der Waals surface area contributed by atoms with Gasteiger partial charge in [0.1, 0.15) is 33.5 Å². The molecule has 62 heavy (non-hydrogen) atoms. The van der Waals surface area contributed by atoms with E-state index in [0.29, 0.717) is 0 Å². The van der Waals surface area contributed by atoms with Crippen LogP contribution in [0.25, 0.3) is 110 Å². The zero-order chi connectivity index (χ0) is 40.7. The van der Waals surface area contributed by atoms with E-state index in [4.69, 9.17) is 13.3 Å². The molecule has 0 atom stereocenters. The van der Waals surface area contributed by atoms with Crippen LogP contribution in [0.3, 0.4) is 0 Å². The van der Waals surface area contributed by atoms with Crippen LogP contribution in [0.1, 0.15) is 0 Å². The maximum atomic E-state index is 6.52. The number of benzene rings is 10. The van der Waals surface area contributed by atoms with Gasteiger partial charge in [-0.2, -0.15) is 0 Å². The van der Waals surface area contributed by atoms with Crippen molar-refractivity contribution in [2.24, 2.45) is 0 Å². The van der Waals surface area contributed by atoms with Crippen LogP contribution in [-0.2, 0) is 0 Å². The lowest BCUT2D eigenvalue weighted by Crippen LogP contribution is -2.11. The van der Waals surface area contributed by atoms with E-state index >= 15 is 0 Å². The van der Waals surface area contributed by atoms with Gasteiger partial charge in [-0.1, -0.05) is 127 Å². The first-order valence-electron chi connectivity index (χ1n) is 21.0. The molecule has 0 unspecified atom stereocenters. The van der Waals surface area contributed by atoms with Crippen LogP contribution in [0, 0.1) is 0 Å². The van der Waals surface area contributed by atoms with Crippen molar-refractivity contribution in [3.05, 3.63) is 212 Å². The lowest BCUT2D eigenvalue weighted by Gasteiger charge is -2.28. The predicted molar refractivity (Wildman–Crippen MR) is 257 cm³/mol. The third-order valence-electron chi connectivity index (χ3n) is 12.5. The van der Waals surface area contributed by atoms with Crippen molar-refractivity contribution in [1.29, 1.82) is 0 Å². The van der Waals surface area contributed by atoms with Gasteiger partial charge in [0.2, 0.25) is 0 Å². The fourth-order valence-corrected chi connectivity index (χ4v) is 9.43. The fourth-order valence-electron chi connectivity index (χ4n) is 9.43. The van der Waals surface area contributed by atoms with Gasteiger partial charge in [0.05, 0.1) is 5.69 Å². The molecule has 0 aliphatic carbocycles.